The molecule has 0 aromatic heterocycles. The zero-order valence-corrected chi connectivity index (χ0v) is 19.7. The van der Waals surface area contributed by atoms with E-state index in [1.54, 1.807) is 18.2 Å². The summed E-state index contributed by atoms with van der Waals surface area (Å²) in [6.07, 6.45) is 1.62. The standard InChI is InChI=1S/C28H32O7/c1-3-15-31-17-21(29)19-33-26-12-8-11-25-24(26)13-14-27(35-23-9-6-5-7-10-23)28(25)34-20-22(30)18-32-16-4-2/h3-14,21-22,29-30H,1-2,15-20H2. The Bertz CT molecular complexity index is 1070. The topological polar surface area (TPSA) is 86.6 Å². The molecule has 0 spiro atoms. The van der Waals surface area contributed by atoms with Crippen LogP contribution in [0.2, 0.25) is 0 Å². The van der Waals surface area contributed by atoms with Gasteiger partial charge in [-0.1, -0.05) is 42.5 Å². The van der Waals surface area contributed by atoms with Gasteiger partial charge in [0, 0.05) is 10.8 Å². The van der Waals surface area contributed by atoms with Gasteiger partial charge in [-0.25, -0.2) is 0 Å². The number of benzene rings is 3. The van der Waals surface area contributed by atoms with E-state index in [1.807, 2.05) is 54.6 Å². The second-order valence-electron chi connectivity index (χ2n) is 7.74. The molecule has 0 heterocycles. The van der Waals surface area contributed by atoms with Crippen molar-refractivity contribution >= 4 is 10.8 Å². The van der Waals surface area contributed by atoms with Gasteiger partial charge in [-0.3, -0.25) is 0 Å². The average Bonchev–Trinajstić information content (AvgIpc) is 2.87. The van der Waals surface area contributed by atoms with Gasteiger partial charge in [0.15, 0.2) is 11.5 Å². The summed E-state index contributed by atoms with van der Waals surface area (Å²) in [7, 11) is 0. The van der Waals surface area contributed by atoms with Gasteiger partial charge < -0.3 is 33.9 Å². The lowest BCUT2D eigenvalue weighted by atomic mass is 10.1. The van der Waals surface area contributed by atoms with Gasteiger partial charge in [0.1, 0.15) is 36.9 Å². The van der Waals surface area contributed by atoms with Crippen molar-refractivity contribution in [2.24, 2.45) is 0 Å². The molecule has 0 aliphatic heterocycles. The molecular formula is C28H32O7. The van der Waals surface area contributed by atoms with Gasteiger partial charge in [0.2, 0.25) is 0 Å². The summed E-state index contributed by atoms with van der Waals surface area (Å²) in [4.78, 5) is 0. The van der Waals surface area contributed by atoms with Gasteiger partial charge in [0.25, 0.3) is 0 Å². The third-order valence-electron chi connectivity index (χ3n) is 4.85. The van der Waals surface area contributed by atoms with E-state index in [4.69, 9.17) is 23.7 Å². The maximum Gasteiger partial charge on any atom is 0.169 e. The number of rotatable bonds is 16. The zero-order chi connectivity index (χ0) is 24.9. The molecule has 0 amide bonds. The third-order valence-corrected chi connectivity index (χ3v) is 4.85. The number of para-hydroxylation sites is 1. The van der Waals surface area contributed by atoms with E-state index in [0.717, 1.165) is 10.8 Å². The van der Waals surface area contributed by atoms with Crippen LogP contribution < -0.4 is 14.2 Å². The minimum Gasteiger partial charge on any atom is -0.490 e. The van der Waals surface area contributed by atoms with Gasteiger partial charge in [0.05, 0.1) is 26.4 Å². The van der Waals surface area contributed by atoms with Crippen molar-refractivity contribution in [1.29, 1.82) is 0 Å². The molecule has 3 aromatic rings. The highest BCUT2D eigenvalue weighted by Gasteiger charge is 2.17. The van der Waals surface area contributed by atoms with Gasteiger partial charge >= 0.3 is 0 Å². The second-order valence-corrected chi connectivity index (χ2v) is 7.74. The van der Waals surface area contributed by atoms with E-state index in [-0.39, 0.29) is 26.4 Å². The molecule has 0 bridgehead atoms. The zero-order valence-electron chi connectivity index (χ0n) is 19.7. The fraction of sp³-hybridized carbons (Fsp3) is 0.286. The first-order chi connectivity index (χ1) is 17.1. The number of hydrogen-bond acceptors (Lipinski definition) is 7. The maximum absolute atomic E-state index is 10.3. The Hall–Kier alpha value is -3.36. The highest BCUT2D eigenvalue weighted by Crippen LogP contribution is 2.41. The smallest absolute Gasteiger partial charge is 0.169 e. The Kier molecular flexibility index (Phi) is 10.6. The van der Waals surface area contributed by atoms with Crippen LogP contribution in [0.25, 0.3) is 10.8 Å². The Morgan fingerprint density at radius 3 is 1.97 bits per heavy atom. The van der Waals surface area contributed by atoms with Gasteiger partial charge in [-0.05, 0) is 30.3 Å². The van der Waals surface area contributed by atoms with Crippen LogP contribution in [0, 0.1) is 0 Å². The summed E-state index contributed by atoms with van der Waals surface area (Å²) in [5, 5.41) is 21.9. The molecule has 0 aliphatic carbocycles. The maximum atomic E-state index is 10.3. The molecule has 0 aliphatic rings. The normalized spacial score (nSPS) is 12.6. The largest absolute Gasteiger partial charge is 0.490 e. The average molecular weight is 481 g/mol. The first kappa shape index (κ1) is 26.2. The number of fused-ring (bicyclic) bond motifs is 1. The van der Waals surface area contributed by atoms with E-state index in [9.17, 15) is 10.2 Å². The van der Waals surface area contributed by atoms with Crippen LogP contribution in [0.3, 0.4) is 0 Å². The van der Waals surface area contributed by atoms with E-state index in [2.05, 4.69) is 13.2 Å². The molecule has 2 atom stereocenters. The van der Waals surface area contributed by atoms with Crippen molar-refractivity contribution in [2.75, 3.05) is 39.6 Å². The van der Waals surface area contributed by atoms with Gasteiger partial charge in [-0.15, -0.1) is 13.2 Å². The van der Waals surface area contributed by atoms with Crippen molar-refractivity contribution in [3.05, 3.63) is 86.0 Å². The Labute approximate surface area is 205 Å². The highest BCUT2D eigenvalue weighted by molar-refractivity contribution is 5.95. The number of aliphatic hydroxyl groups is 2. The van der Waals surface area contributed by atoms with Crippen molar-refractivity contribution in [1.82, 2.24) is 0 Å². The van der Waals surface area contributed by atoms with Crippen LogP contribution in [0.4, 0.5) is 0 Å². The molecule has 0 saturated heterocycles. The SMILES string of the molecule is C=CCOCC(O)COc1cccc2c(OCC(O)COCC=C)c(Oc3ccccc3)ccc12. The summed E-state index contributed by atoms with van der Waals surface area (Å²) < 4.78 is 28.6. The molecule has 7 heteroatoms. The van der Waals surface area contributed by atoms with Gasteiger partial charge in [-0.2, -0.15) is 0 Å². The second kappa shape index (κ2) is 14.1. The molecule has 2 unspecified atom stereocenters. The number of hydrogen-bond donors (Lipinski definition) is 2. The fourth-order valence-corrected chi connectivity index (χ4v) is 3.29. The first-order valence-corrected chi connectivity index (χ1v) is 11.4. The molecule has 3 aromatic carbocycles. The molecule has 0 radical (unpaired) electrons. The van der Waals surface area contributed by atoms with Crippen molar-refractivity contribution in [3.63, 3.8) is 0 Å². The molecule has 186 valence electrons. The monoisotopic (exact) mass is 480 g/mol. The van der Waals surface area contributed by atoms with Crippen LogP contribution in [0.1, 0.15) is 0 Å². The summed E-state index contributed by atoms with van der Waals surface area (Å²) >= 11 is 0. The van der Waals surface area contributed by atoms with Crippen LogP contribution in [-0.2, 0) is 9.47 Å². The molecule has 0 fully saturated rings. The van der Waals surface area contributed by atoms with E-state index in [1.165, 1.54) is 0 Å². The lowest BCUT2D eigenvalue weighted by Crippen LogP contribution is -2.24. The van der Waals surface area contributed by atoms with Crippen LogP contribution >= 0.6 is 0 Å². The van der Waals surface area contributed by atoms with Crippen LogP contribution in [-0.4, -0.2) is 62.1 Å². The Morgan fingerprint density at radius 2 is 1.31 bits per heavy atom. The quantitative estimate of drug-likeness (QED) is 0.230. The van der Waals surface area contributed by atoms with Crippen molar-refractivity contribution in [3.8, 4) is 23.0 Å². The van der Waals surface area contributed by atoms with E-state index in [0.29, 0.717) is 36.2 Å². The molecule has 35 heavy (non-hydrogen) atoms. The van der Waals surface area contributed by atoms with Crippen molar-refractivity contribution in [2.45, 2.75) is 12.2 Å². The predicted molar refractivity (Wildman–Crippen MR) is 135 cm³/mol. The minimum atomic E-state index is -0.833. The lowest BCUT2D eigenvalue weighted by Gasteiger charge is -2.19. The molecule has 2 N–H and O–H groups in total. The molecule has 0 saturated carbocycles. The Balaban J connectivity index is 1.83. The molecule has 3 rings (SSSR count). The van der Waals surface area contributed by atoms with Crippen molar-refractivity contribution < 1.29 is 33.9 Å². The Morgan fingerprint density at radius 1 is 0.657 bits per heavy atom. The predicted octanol–water partition coefficient (Wildman–Crippen LogP) is 4.52. The number of aliphatic hydroxyl groups excluding tert-OH is 2. The summed E-state index contributed by atoms with van der Waals surface area (Å²) in [6, 6.07) is 18.6. The minimum absolute atomic E-state index is 0.00580. The fourth-order valence-electron chi connectivity index (χ4n) is 3.29. The van der Waals surface area contributed by atoms with E-state index >= 15 is 0 Å². The molecular weight excluding hydrogens is 448 g/mol. The summed E-state index contributed by atoms with van der Waals surface area (Å²) in [6.45, 7) is 8.22. The molecule has 7 nitrogen and oxygen atoms in total. The number of ether oxygens (including phenoxy) is 5. The third kappa shape index (κ3) is 8.12. The first-order valence-electron chi connectivity index (χ1n) is 11.4. The summed E-state index contributed by atoms with van der Waals surface area (Å²) in [5.41, 5.74) is 0. The highest BCUT2D eigenvalue weighted by atomic mass is 16.5. The summed E-state index contributed by atoms with van der Waals surface area (Å²) in [5.74, 6) is 2.20. The lowest BCUT2D eigenvalue weighted by molar-refractivity contribution is 0.0211. The van der Waals surface area contributed by atoms with Crippen LogP contribution in [0.5, 0.6) is 23.0 Å². The van der Waals surface area contributed by atoms with E-state index < -0.39 is 12.2 Å². The van der Waals surface area contributed by atoms with Crippen LogP contribution in [0.15, 0.2) is 86.0 Å².